The molecule has 0 radical (unpaired) electrons. The van der Waals surface area contributed by atoms with Crippen molar-refractivity contribution in [1.29, 1.82) is 0 Å². The van der Waals surface area contributed by atoms with E-state index in [9.17, 15) is 8.42 Å². The molecule has 7 heteroatoms. The molecule has 0 unspecified atom stereocenters. The molecular formula is C13H17N3O3S. The normalized spacial score (nSPS) is 11.5. The van der Waals surface area contributed by atoms with E-state index in [-0.39, 0.29) is 5.75 Å². The van der Waals surface area contributed by atoms with Crippen LogP contribution in [0, 0.1) is 6.92 Å². The first-order valence-electron chi connectivity index (χ1n) is 6.41. The summed E-state index contributed by atoms with van der Waals surface area (Å²) in [5.41, 5.74) is 1.28. The monoisotopic (exact) mass is 295 g/mol. The minimum absolute atomic E-state index is 0.133. The third-order valence-corrected chi connectivity index (χ3v) is 4.07. The summed E-state index contributed by atoms with van der Waals surface area (Å²) >= 11 is 0. The molecule has 2 rings (SSSR count). The zero-order valence-electron chi connectivity index (χ0n) is 11.5. The van der Waals surface area contributed by atoms with E-state index in [0.717, 1.165) is 12.0 Å². The van der Waals surface area contributed by atoms with Gasteiger partial charge in [0.15, 0.2) is 0 Å². The summed E-state index contributed by atoms with van der Waals surface area (Å²) in [5, 5.41) is 7.66. The summed E-state index contributed by atoms with van der Waals surface area (Å²) in [7, 11) is -3.27. The number of hydrogen-bond donors (Lipinski definition) is 1. The van der Waals surface area contributed by atoms with Gasteiger partial charge in [-0.25, -0.2) is 8.42 Å². The van der Waals surface area contributed by atoms with Gasteiger partial charge in [0.05, 0.1) is 5.75 Å². The van der Waals surface area contributed by atoms with Gasteiger partial charge in [-0.1, -0.05) is 13.3 Å². The van der Waals surface area contributed by atoms with Gasteiger partial charge < -0.3 is 4.42 Å². The van der Waals surface area contributed by atoms with Crippen molar-refractivity contribution >= 4 is 15.7 Å². The van der Waals surface area contributed by atoms with Crippen LogP contribution < -0.4 is 4.72 Å². The van der Waals surface area contributed by atoms with Gasteiger partial charge in [0.2, 0.25) is 21.8 Å². The predicted octanol–water partition coefficient (Wildman–Crippen LogP) is 2.59. The lowest BCUT2D eigenvalue weighted by molar-refractivity contribution is 0.533. The lowest BCUT2D eigenvalue weighted by Crippen LogP contribution is -2.16. The third kappa shape index (κ3) is 3.80. The van der Waals surface area contributed by atoms with Gasteiger partial charge in [0.25, 0.3) is 0 Å². The summed E-state index contributed by atoms with van der Waals surface area (Å²) in [6.45, 7) is 3.67. The Balaban J connectivity index is 2.09. The van der Waals surface area contributed by atoms with Gasteiger partial charge in [0.1, 0.15) is 0 Å². The van der Waals surface area contributed by atoms with Crippen LogP contribution in [0.2, 0.25) is 0 Å². The van der Waals surface area contributed by atoms with Crippen LogP contribution in [0.25, 0.3) is 11.5 Å². The molecule has 20 heavy (non-hydrogen) atoms. The minimum Gasteiger partial charge on any atom is -0.421 e. The Kier molecular flexibility index (Phi) is 4.39. The van der Waals surface area contributed by atoms with Gasteiger partial charge in [-0.2, -0.15) is 0 Å². The minimum atomic E-state index is -3.27. The highest BCUT2D eigenvalue weighted by molar-refractivity contribution is 7.92. The molecule has 1 aromatic heterocycles. The van der Waals surface area contributed by atoms with E-state index in [1.54, 1.807) is 31.2 Å². The quantitative estimate of drug-likeness (QED) is 0.885. The summed E-state index contributed by atoms with van der Waals surface area (Å²) < 4.78 is 31.4. The van der Waals surface area contributed by atoms with E-state index in [1.807, 2.05) is 6.92 Å². The maximum atomic E-state index is 11.8. The van der Waals surface area contributed by atoms with Crippen molar-refractivity contribution in [3.63, 3.8) is 0 Å². The van der Waals surface area contributed by atoms with E-state index in [1.165, 1.54) is 0 Å². The molecular weight excluding hydrogens is 278 g/mol. The lowest BCUT2D eigenvalue weighted by atomic mass is 10.2. The van der Waals surface area contributed by atoms with E-state index >= 15 is 0 Å². The highest BCUT2D eigenvalue weighted by Crippen LogP contribution is 2.20. The molecule has 0 saturated carbocycles. The van der Waals surface area contributed by atoms with Crippen LogP contribution in [0.15, 0.2) is 28.7 Å². The maximum absolute atomic E-state index is 11.8. The zero-order valence-corrected chi connectivity index (χ0v) is 12.3. The molecule has 0 amide bonds. The van der Waals surface area contributed by atoms with Crippen LogP contribution in [-0.4, -0.2) is 24.4 Å². The first kappa shape index (κ1) is 14.5. The van der Waals surface area contributed by atoms with Gasteiger partial charge >= 0.3 is 0 Å². The molecule has 1 N–H and O–H groups in total. The molecule has 0 spiro atoms. The predicted molar refractivity (Wildman–Crippen MR) is 76.8 cm³/mol. The molecule has 0 aliphatic rings. The number of sulfonamides is 1. The fraction of sp³-hybridized carbons (Fsp3) is 0.385. The molecule has 108 valence electrons. The van der Waals surface area contributed by atoms with Crippen LogP contribution in [0.1, 0.15) is 25.7 Å². The first-order valence-corrected chi connectivity index (χ1v) is 8.06. The number of aryl methyl sites for hydroxylation is 1. The Labute approximate surface area is 118 Å². The average Bonchev–Trinajstić information content (AvgIpc) is 2.84. The van der Waals surface area contributed by atoms with Crippen LogP contribution >= 0.6 is 0 Å². The topological polar surface area (TPSA) is 85.1 Å². The SMILES string of the molecule is CCCCS(=O)(=O)Nc1ccc(-c2nnc(C)o2)cc1. The van der Waals surface area contributed by atoms with Crippen molar-refractivity contribution in [3.05, 3.63) is 30.2 Å². The number of aromatic nitrogens is 2. The summed E-state index contributed by atoms with van der Waals surface area (Å²) in [5.74, 6) is 1.04. The fourth-order valence-corrected chi connectivity index (χ4v) is 2.92. The van der Waals surface area contributed by atoms with Crippen LogP contribution in [0.4, 0.5) is 5.69 Å². The molecule has 6 nitrogen and oxygen atoms in total. The van der Waals surface area contributed by atoms with Gasteiger partial charge in [-0.05, 0) is 30.7 Å². The first-order chi connectivity index (χ1) is 9.50. The van der Waals surface area contributed by atoms with E-state index in [0.29, 0.717) is 23.9 Å². The number of rotatable bonds is 6. The molecule has 0 aliphatic carbocycles. The number of nitrogens with zero attached hydrogens (tertiary/aromatic N) is 2. The summed E-state index contributed by atoms with van der Waals surface area (Å²) in [6, 6.07) is 6.84. The van der Waals surface area contributed by atoms with Crippen molar-refractivity contribution in [1.82, 2.24) is 10.2 Å². The number of benzene rings is 1. The van der Waals surface area contributed by atoms with E-state index in [2.05, 4.69) is 14.9 Å². The largest absolute Gasteiger partial charge is 0.421 e. The maximum Gasteiger partial charge on any atom is 0.247 e. The van der Waals surface area contributed by atoms with Crippen molar-refractivity contribution in [3.8, 4) is 11.5 Å². The molecule has 2 aromatic rings. The second-order valence-electron chi connectivity index (χ2n) is 4.48. The molecule has 0 fully saturated rings. The zero-order chi connectivity index (χ0) is 14.6. The molecule has 0 atom stereocenters. The van der Waals surface area contributed by atoms with Gasteiger partial charge in [0, 0.05) is 18.2 Å². The van der Waals surface area contributed by atoms with Crippen LogP contribution in [-0.2, 0) is 10.0 Å². The van der Waals surface area contributed by atoms with E-state index < -0.39 is 10.0 Å². The van der Waals surface area contributed by atoms with Crippen LogP contribution in [0.3, 0.4) is 0 Å². The Bertz CT molecular complexity index is 662. The van der Waals surface area contributed by atoms with Gasteiger partial charge in [-0.15, -0.1) is 10.2 Å². The number of hydrogen-bond acceptors (Lipinski definition) is 5. The molecule has 0 aliphatic heterocycles. The van der Waals surface area contributed by atoms with Crippen molar-refractivity contribution in [2.45, 2.75) is 26.7 Å². The molecule has 0 saturated heterocycles. The highest BCUT2D eigenvalue weighted by Gasteiger charge is 2.10. The average molecular weight is 295 g/mol. The Morgan fingerprint density at radius 1 is 1.20 bits per heavy atom. The smallest absolute Gasteiger partial charge is 0.247 e. The fourth-order valence-electron chi connectivity index (χ4n) is 1.66. The summed E-state index contributed by atoms with van der Waals surface area (Å²) in [6.07, 6.45) is 1.49. The second kappa shape index (κ2) is 6.04. The number of anilines is 1. The van der Waals surface area contributed by atoms with Crippen molar-refractivity contribution in [2.75, 3.05) is 10.5 Å². The van der Waals surface area contributed by atoms with E-state index in [4.69, 9.17) is 4.42 Å². The Morgan fingerprint density at radius 2 is 1.90 bits per heavy atom. The summed E-state index contributed by atoms with van der Waals surface area (Å²) in [4.78, 5) is 0. The van der Waals surface area contributed by atoms with Crippen LogP contribution in [0.5, 0.6) is 0 Å². The molecule has 0 bridgehead atoms. The highest BCUT2D eigenvalue weighted by atomic mass is 32.2. The van der Waals surface area contributed by atoms with Crippen molar-refractivity contribution < 1.29 is 12.8 Å². The Morgan fingerprint density at radius 3 is 2.45 bits per heavy atom. The molecule has 1 aromatic carbocycles. The van der Waals surface area contributed by atoms with Crippen molar-refractivity contribution in [2.24, 2.45) is 0 Å². The standard InChI is InChI=1S/C13H17N3O3S/c1-3-4-9-20(17,18)16-12-7-5-11(6-8-12)13-15-14-10(2)19-13/h5-8,16H,3-4,9H2,1-2H3. The second-order valence-corrected chi connectivity index (χ2v) is 6.32. The molecule has 1 heterocycles. The van der Waals surface area contributed by atoms with Gasteiger partial charge in [-0.3, -0.25) is 4.72 Å². The lowest BCUT2D eigenvalue weighted by Gasteiger charge is -2.07. The Hall–Kier alpha value is -1.89. The number of unbranched alkanes of at least 4 members (excludes halogenated alkanes) is 1. The third-order valence-electron chi connectivity index (χ3n) is 2.70. The number of nitrogens with one attached hydrogen (secondary N) is 1.